The van der Waals surface area contributed by atoms with Crippen LogP contribution in [0.2, 0.25) is 0 Å². The molecule has 0 fully saturated rings. The number of ketones is 2. The predicted octanol–water partition coefficient (Wildman–Crippen LogP) is 3.13. The third-order valence-corrected chi connectivity index (χ3v) is 4.14. The Morgan fingerprint density at radius 1 is 1.04 bits per heavy atom. The molecule has 6 heteroatoms. The lowest BCUT2D eigenvalue weighted by molar-refractivity contribution is -0.144. The fourth-order valence-corrected chi connectivity index (χ4v) is 2.92. The van der Waals surface area contributed by atoms with Crippen LogP contribution in [0.3, 0.4) is 0 Å². The van der Waals surface area contributed by atoms with Gasteiger partial charge in [0.15, 0.2) is 11.7 Å². The number of nitrogens with zero attached hydrogens (tertiary/aromatic N) is 1. The van der Waals surface area contributed by atoms with E-state index >= 15 is 0 Å². The molecule has 1 atom stereocenters. The van der Waals surface area contributed by atoms with E-state index in [0.29, 0.717) is 5.69 Å². The molecular formula is C21H16N2O4. The van der Waals surface area contributed by atoms with Gasteiger partial charge in [0.1, 0.15) is 0 Å². The zero-order valence-electron chi connectivity index (χ0n) is 14.6. The molecule has 3 rings (SSSR count). The van der Waals surface area contributed by atoms with Crippen molar-refractivity contribution in [2.45, 2.75) is 6.92 Å². The maximum absolute atomic E-state index is 13.1. The number of carbonyl (C=O) groups is 3. The van der Waals surface area contributed by atoms with Gasteiger partial charge in [0.25, 0.3) is 0 Å². The van der Waals surface area contributed by atoms with Gasteiger partial charge in [0, 0.05) is 16.8 Å². The van der Waals surface area contributed by atoms with Crippen LogP contribution in [0.4, 0.5) is 5.69 Å². The second-order valence-electron chi connectivity index (χ2n) is 5.80. The van der Waals surface area contributed by atoms with Gasteiger partial charge in [-0.2, -0.15) is 5.26 Å². The topological polar surface area (TPSA) is 96.3 Å². The van der Waals surface area contributed by atoms with Crippen LogP contribution in [0.1, 0.15) is 27.6 Å². The van der Waals surface area contributed by atoms with Gasteiger partial charge in [0.05, 0.1) is 23.9 Å². The third kappa shape index (κ3) is 3.35. The van der Waals surface area contributed by atoms with E-state index in [9.17, 15) is 19.6 Å². The average Bonchev–Trinajstić information content (AvgIpc) is 2.69. The van der Waals surface area contributed by atoms with Crippen LogP contribution in [0.25, 0.3) is 0 Å². The number of hydrogen-bond acceptors (Lipinski definition) is 6. The molecule has 0 bridgehead atoms. The monoisotopic (exact) mass is 360 g/mol. The van der Waals surface area contributed by atoms with E-state index in [1.165, 1.54) is 6.07 Å². The Bertz CT molecular complexity index is 987. The number of ether oxygens (including phenoxy) is 1. The average molecular weight is 360 g/mol. The summed E-state index contributed by atoms with van der Waals surface area (Å²) in [6, 6.07) is 16.9. The number of allylic oxidation sites excluding steroid dienone is 1. The molecule has 2 aromatic rings. The summed E-state index contributed by atoms with van der Waals surface area (Å²) in [6.45, 7) is 1.66. The van der Waals surface area contributed by atoms with E-state index in [0.717, 1.165) is 0 Å². The minimum atomic E-state index is -1.50. The minimum Gasteiger partial charge on any atom is -0.465 e. The number of esters is 1. The number of para-hydroxylation sites is 1. The molecule has 0 aromatic heterocycles. The zero-order valence-corrected chi connectivity index (χ0v) is 14.6. The Balaban J connectivity index is 2.18. The SMILES string of the molecule is CCOC(=O)C(C#N)C1=C(Nc2ccccc2)C(=O)c2ccccc2C1=O. The van der Waals surface area contributed by atoms with Crippen LogP contribution >= 0.6 is 0 Å². The highest BCUT2D eigenvalue weighted by Gasteiger charge is 2.39. The lowest BCUT2D eigenvalue weighted by atomic mass is 9.81. The summed E-state index contributed by atoms with van der Waals surface area (Å²) >= 11 is 0. The molecule has 134 valence electrons. The van der Waals surface area contributed by atoms with Crippen molar-refractivity contribution in [3.8, 4) is 6.07 Å². The summed E-state index contributed by atoms with van der Waals surface area (Å²) in [4.78, 5) is 38.4. The smallest absolute Gasteiger partial charge is 0.328 e. The number of fused-ring (bicyclic) bond motifs is 1. The molecule has 1 aliphatic carbocycles. The van der Waals surface area contributed by atoms with Crippen LogP contribution < -0.4 is 5.32 Å². The quantitative estimate of drug-likeness (QED) is 0.823. The molecule has 1 N–H and O–H groups in total. The van der Waals surface area contributed by atoms with E-state index in [2.05, 4.69) is 5.32 Å². The largest absolute Gasteiger partial charge is 0.465 e. The van der Waals surface area contributed by atoms with Gasteiger partial charge in [-0.3, -0.25) is 14.4 Å². The molecule has 0 aliphatic heterocycles. The molecule has 0 radical (unpaired) electrons. The Morgan fingerprint density at radius 2 is 1.63 bits per heavy atom. The van der Waals surface area contributed by atoms with E-state index in [-0.39, 0.29) is 29.0 Å². The predicted molar refractivity (Wildman–Crippen MR) is 97.9 cm³/mol. The highest BCUT2D eigenvalue weighted by atomic mass is 16.5. The number of carbonyl (C=O) groups excluding carboxylic acids is 3. The van der Waals surface area contributed by atoms with Gasteiger partial charge in [-0.1, -0.05) is 42.5 Å². The maximum Gasteiger partial charge on any atom is 0.328 e. The summed E-state index contributed by atoms with van der Waals surface area (Å²) < 4.78 is 4.93. The van der Waals surface area contributed by atoms with E-state index in [1.54, 1.807) is 55.5 Å². The first-order chi connectivity index (χ1) is 13.1. The first-order valence-corrected chi connectivity index (χ1v) is 8.39. The molecule has 0 heterocycles. The number of nitrogens with one attached hydrogen (secondary N) is 1. The van der Waals surface area contributed by atoms with Crippen LogP contribution in [0.5, 0.6) is 0 Å². The number of nitriles is 1. The molecule has 2 aromatic carbocycles. The molecule has 1 unspecified atom stereocenters. The van der Waals surface area contributed by atoms with E-state index in [4.69, 9.17) is 4.74 Å². The van der Waals surface area contributed by atoms with Crippen molar-refractivity contribution in [1.82, 2.24) is 0 Å². The van der Waals surface area contributed by atoms with Crippen molar-refractivity contribution in [1.29, 1.82) is 5.26 Å². The van der Waals surface area contributed by atoms with E-state index < -0.39 is 23.5 Å². The number of benzene rings is 2. The lowest BCUT2D eigenvalue weighted by Crippen LogP contribution is -2.32. The third-order valence-electron chi connectivity index (χ3n) is 4.14. The Morgan fingerprint density at radius 3 is 2.22 bits per heavy atom. The van der Waals surface area contributed by atoms with Crippen LogP contribution in [0.15, 0.2) is 65.9 Å². The van der Waals surface area contributed by atoms with Crippen molar-refractivity contribution in [2.75, 3.05) is 11.9 Å². The van der Waals surface area contributed by atoms with Crippen molar-refractivity contribution in [2.24, 2.45) is 5.92 Å². The molecular weight excluding hydrogens is 344 g/mol. The second kappa shape index (κ2) is 7.67. The van der Waals surface area contributed by atoms with Gasteiger partial charge in [-0.05, 0) is 19.1 Å². The standard InChI is InChI=1S/C21H16N2O4/c1-2-27-21(26)16(12-22)17-18(23-13-8-4-3-5-9-13)20(25)15-11-7-6-10-14(15)19(17)24/h3-11,16,23H,2H2,1H3. The van der Waals surface area contributed by atoms with Gasteiger partial charge < -0.3 is 10.1 Å². The van der Waals surface area contributed by atoms with Crippen LogP contribution in [-0.2, 0) is 9.53 Å². The van der Waals surface area contributed by atoms with Gasteiger partial charge in [-0.15, -0.1) is 0 Å². The summed E-state index contributed by atoms with van der Waals surface area (Å²) in [5.41, 5.74) is 0.685. The fourth-order valence-electron chi connectivity index (χ4n) is 2.92. The summed E-state index contributed by atoms with van der Waals surface area (Å²) in [6.07, 6.45) is 0. The molecule has 27 heavy (non-hydrogen) atoms. The van der Waals surface area contributed by atoms with Crippen LogP contribution in [0, 0.1) is 17.2 Å². The first kappa shape index (κ1) is 18.1. The number of anilines is 1. The normalized spacial score (nSPS) is 14.2. The van der Waals surface area contributed by atoms with E-state index in [1.807, 2.05) is 6.07 Å². The molecule has 1 aliphatic rings. The van der Waals surface area contributed by atoms with Crippen molar-refractivity contribution < 1.29 is 19.1 Å². The van der Waals surface area contributed by atoms with Gasteiger partial charge >= 0.3 is 5.97 Å². The van der Waals surface area contributed by atoms with Gasteiger partial charge in [0.2, 0.25) is 5.78 Å². The first-order valence-electron chi connectivity index (χ1n) is 8.39. The lowest BCUT2D eigenvalue weighted by Gasteiger charge is -2.23. The fraction of sp³-hybridized carbons (Fsp3) is 0.143. The van der Waals surface area contributed by atoms with Crippen LogP contribution in [-0.4, -0.2) is 24.1 Å². The van der Waals surface area contributed by atoms with Crippen molar-refractivity contribution in [3.63, 3.8) is 0 Å². The Kier molecular flexibility index (Phi) is 5.13. The second-order valence-corrected chi connectivity index (χ2v) is 5.80. The van der Waals surface area contributed by atoms with Gasteiger partial charge in [-0.25, -0.2) is 0 Å². The number of rotatable bonds is 5. The highest BCUT2D eigenvalue weighted by molar-refractivity contribution is 6.29. The summed E-state index contributed by atoms with van der Waals surface area (Å²) in [7, 11) is 0. The van der Waals surface area contributed by atoms with Crippen molar-refractivity contribution >= 4 is 23.2 Å². The number of Topliss-reactive ketones (excluding diaryl/α,β-unsaturated/α-hetero) is 2. The molecule has 0 amide bonds. The summed E-state index contributed by atoms with van der Waals surface area (Å²) in [5.74, 6) is -3.35. The van der Waals surface area contributed by atoms with Crippen molar-refractivity contribution in [3.05, 3.63) is 77.0 Å². The zero-order chi connectivity index (χ0) is 19.4. The highest BCUT2D eigenvalue weighted by Crippen LogP contribution is 2.32. The maximum atomic E-state index is 13.1. The molecule has 0 saturated carbocycles. The Labute approximate surface area is 156 Å². The summed E-state index contributed by atoms with van der Waals surface area (Å²) in [5, 5.41) is 12.4. The Hall–Kier alpha value is -3.72. The molecule has 0 saturated heterocycles. The molecule has 6 nitrogen and oxygen atoms in total. The minimum absolute atomic E-state index is 0.0600. The molecule has 0 spiro atoms. The number of hydrogen-bond donors (Lipinski definition) is 1.